The van der Waals surface area contributed by atoms with Gasteiger partial charge in [-0.2, -0.15) is 8.78 Å². The number of alkyl halides is 2. The van der Waals surface area contributed by atoms with Crippen molar-refractivity contribution in [2.24, 2.45) is 17.8 Å². The van der Waals surface area contributed by atoms with E-state index in [1.54, 1.807) is 6.07 Å². The van der Waals surface area contributed by atoms with Crippen LogP contribution in [-0.2, 0) is 0 Å². The summed E-state index contributed by atoms with van der Waals surface area (Å²) in [5.41, 5.74) is -0.337. The maximum absolute atomic E-state index is 15.0. The molecule has 9 heteroatoms. The molecule has 0 aliphatic heterocycles. The molecule has 0 atom stereocenters. The molecule has 0 N–H and O–H groups in total. The molecule has 2 aliphatic rings. The summed E-state index contributed by atoms with van der Waals surface area (Å²) in [5.74, 6) is -8.58. The van der Waals surface area contributed by atoms with E-state index in [9.17, 15) is 26.3 Å². The van der Waals surface area contributed by atoms with Crippen LogP contribution in [0.15, 0.2) is 12.1 Å². The van der Waals surface area contributed by atoms with E-state index in [1.807, 2.05) is 0 Å². The van der Waals surface area contributed by atoms with Crippen LogP contribution in [-0.4, -0.2) is 6.61 Å². The van der Waals surface area contributed by atoms with Crippen molar-refractivity contribution in [1.82, 2.24) is 0 Å². The van der Waals surface area contributed by atoms with Crippen molar-refractivity contribution < 1.29 is 40.2 Å². The number of hydrogen-bond donors (Lipinski definition) is 0. The van der Waals surface area contributed by atoms with Crippen molar-refractivity contribution in [3.63, 3.8) is 0 Å². The Hall–Kier alpha value is -2.45. The van der Waals surface area contributed by atoms with Crippen LogP contribution in [0, 0.1) is 52.9 Å². The highest BCUT2D eigenvalue weighted by Crippen LogP contribution is 2.48. The lowest BCUT2D eigenvalue weighted by Crippen LogP contribution is -2.26. The van der Waals surface area contributed by atoms with Crippen LogP contribution < -0.4 is 9.47 Å². The van der Waals surface area contributed by atoms with Crippen molar-refractivity contribution in [3.05, 3.63) is 52.8 Å². The first-order valence-corrected chi connectivity index (χ1v) is 13.9. The first-order valence-electron chi connectivity index (χ1n) is 13.9. The maximum atomic E-state index is 15.0. The van der Waals surface area contributed by atoms with Crippen LogP contribution in [0.3, 0.4) is 0 Å². The Morgan fingerprint density at radius 2 is 1.38 bits per heavy atom. The zero-order valence-electron chi connectivity index (χ0n) is 22.0. The first-order chi connectivity index (χ1) is 18.7. The highest BCUT2D eigenvalue weighted by Gasteiger charge is 2.35. The topological polar surface area (TPSA) is 18.5 Å². The summed E-state index contributed by atoms with van der Waals surface area (Å²) in [7, 11) is 0. The standard InChI is InChI=1S/C30H34F7O2/c1-2-3-4-5-17-6-8-18(9-7-17)19-10-12-20(13-11-19)26-27(35)22(31)16-25(34)29(26)38-21-14-23(32)28(24(33)15-21)39-30(36)37/h14-15,17-20,30H,2-13H2,1H3/t17-,18-,19-,20-. The van der Waals surface area contributed by atoms with Crippen LogP contribution in [0.4, 0.5) is 30.7 Å². The van der Waals surface area contributed by atoms with Crippen LogP contribution in [0.1, 0.15) is 95.5 Å². The third-order valence-corrected chi connectivity index (χ3v) is 8.45. The molecule has 2 aromatic rings. The molecule has 2 nitrogen and oxygen atoms in total. The molecule has 0 bridgehead atoms. The zero-order chi connectivity index (χ0) is 28.1. The molecular formula is C30H34F7O2. The van der Waals surface area contributed by atoms with E-state index in [1.165, 1.54) is 51.4 Å². The first kappa shape index (κ1) is 29.5. The second-order valence-corrected chi connectivity index (χ2v) is 10.9. The van der Waals surface area contributed by atoms with Crippen molar-refractivity contribution >= 4 is 0 Å². The fourth-order valence-corrected chi connectivity index (χ4v) is 6.43. The van der Waals surface area contributed by atoms with E-state index >= 15 is 4.39 Å². The minimum atomic E-state index is -3.47. The van der Waals surface area contributed by atoms with Crippen molar-refractivity contribution in [2.75, 3.05) is 0 Å². The summed E-state index contributed by atoms with van der Waals surface area (Å²) in [6.45, 7) is -1.27. The highest BCUT2D eigenvalue weighted by molar-refractivity contribution is 5.44. The molecular weight excluding hydrogens is 525 g/mol. The molecule has 39 heavy (non-hydrogen) atoms. The maximum Gasteiger partial charge on any atom is 0.387 e. The molecule has 2 fully saturated rings. The Balaban J connectivity index is 1.46. The summed E-state index contributed by atoms with van der Waals surface area (Å²) in [6.07, 6.45) is 12.4. The van der Waals surface area contributed by atoms with Gasteiger partial charge in [0.05, 0.1) is 6.07 Å². The van der Waals surface area contributed by atoms with Gasteiger partial charge < -0.3 is 9.47 Å². The number of hydrogen-bond acceptors (Lipinski definition) is 2. The van der Waals surface area contributed by atoms with E-state index in [4.69, 9.17) is 4.74 Å². The molecule has 1 radical (unpaired) electrons. The highest BCUT2D eigenvalue weighted by atomic mass is 19.3. The van der Waals surface area contributed by atoms with E-state index in [0.717, 1.165) is 18.8 Å². The molecule has 2 saturated carbocycles. The van der Waals surface area contributed by atoms with E-state index in [-0.39, 0.29) is 5.56 Å². The van der Waals surface area contributed by atoms with E-state index in [0.29, 0.717) is 36.8 Å². The van der Waals surface area contributed by atoms with E-state index in [2.05, 4.69) is 11.7 Å². The van der Waals surface area contributed by atoms with Gasteiger partial charge in [-0.05, 0) is 62.2 Å². The number of ether oxygens (including phenoxy) is 2. The normalized spacial score (nSPS) is 23.7. The average molecular weight is 560 g/mol. The van der Waals surface area contributed by atoms with Crippen LogP contribution >= 0.6 is 0 Å². The number of unbranched alkanes of at least 4 members (excludes halogenated alkanes) is 2. The van der Waals surface area contributed by atoms with Crippen LogP contribution in [0.5, 0.6) is 17.2 Å². The summed E-state index contributed by atoms with van der Waals surface area (Å²) >= 11 is 0. The average Bonchev–Trinajstić information content (AvgIpc) is 2.90. The Morgan fingerprint density at radius 1 is 0.795 bits per heavy atom. The van der Waals surface area contributed by atoms with Gasteiger partial charge in [0.25, 0.3) is 0 Å². The smallest absolute Gasteiger partial charge is 0.387 e. The van der Waals surface area contributed by atoms with Gasteiger partial charge in [0.15, 0.2) is 40.6 Å². The lowest BCUT2D eigenvalue weighted by Gasteiger charge is -2.38. The lowest BCUT2D eigenvalue weighted by atomic mass is 9.68. The molecule has 215 valence electrons. The number of rotatable bonds is 10. The minimum Gasteiger partial charge on any atom is -0.454 e. The van der Waals surface area contributed by atoms with Gasteiger partial charge in [-0.1, -0.05) is 45.4 Å². The van der Waals surface area contributed by atoms with Gasteiger partial charge in [-0.3, -0.25) is 0 Å². The largest absolute Gasteiger partial charge is 0.454 e. The summed E-state index contributed by atoms with van der Waals surface area (Å²) in [5, 5.41) is 0. The molecule has 4 rings (SSSR count). The van der Waals surface area contributed by atoms with Crippen molar-refractivity contribution in [1.29, 1.82) is 0 Å². The molecule has 0 unspecified atom stereocenters. The SMILES string of the molecule is CCCCC[C@H]1CC[C@H]([C@H]2CC[C@H](c3c(F)c(F)[c]c(F)c3Oc3cc(F)c(OC(F)F)c(F)c3)CC2)CC1. The van der Waals surface area contributed by atoms with Crippen molar-refractivity contribution in [2.45, 2.75) is 96.5 Å². The van der Waals surface area contributed by atoms with Gasteiger partial charge in [0.2, 0.25) is 0 Å². The zero-order valence-corrected chi connectivity index (χ0v) is 22.0. The van der Waals surface area contributed by atoms with Gasteiger partial charge in [0.1, 0.15) is 5.75 Å². The van der Waals surface area contributed by atoms with Crippen LogP contribution in [0.2, 0.25) is 0 Å². The summed E-state index contributed by atoms with van der Waals surface area (Å²) < 4.78 is 106. The predicted octanol–water partition coefficient (Wildman–Crippen LogP) is 10.2. The van der Waals surface area contributed by atoms with Gasteiger partial charge >= 0.3 is 6.61 Å². The molecule has 0 amide bonds. The molecule has 0 heterocycles. The summed E-state index contributed by atoms with van der Waals surface area (Å²) in [4.78, 5) is 0. The molecule has 0 saturated heterocycles. The number of halogens is 7. The molecule has 0 spiro atoms. The fraction of sp³-hybridized carbons (Fsp3) is 0.600. The summed E-state index contributed by atoms with van der Waals surface area (Å²) in [6, 6.07) is 2.64. The third-order valence-electron chi connectivity index (χ3n) is 8.45. The third kappa shape index (κ3) is 7.20. The second kappa shape index (κ2) is 13.3. The Kier molecular flexibility index (Phi) is 10.0. The Bertz CT molecular complexity index is 1080. The van der Waals surface area contributed by atoms with Gasteiger partial charge in [-0.25, -0.2) is 22.0 Å². The number of benzene rings is 2. The Labute approximate surface area is 224 Å². The quantitative estimate of drug-likeness (QED) is 0.164. The minimum absolute atomic E-state index is 0.337. The molecule has 0 aromatic heterocycles. The lowest BCUT2D eigenvalue weighted by molar-refractivity contribution is -0.0547. The fourth-order valence-electron chi connectivity index (χ4n) is 6.43. The monoisotopic (exact) mass is 559 g/mol. The molecule has 2 aromatic carbocycles. The van der Waals surface area contributed by atoms with Crippen molar-refractivity contribution in [3.8, 4) is 17.2 Å². The molecule has 2 aliphatic carbocycles. The van der Waals surface area contributed by atoms with Gasteiger partial charge in [-0.15, -0.1) is 0 Å². The van der Waals surface area contributed by atoms with Crippen LogP contribution in [0.25, 0.3) is 0 Å². The van der Waals surface area contributed by atoms with E-state index < -0.39 is 58.9 Å². The predicted molar refractivity (Wildman–Crippen MR) is 133 cm³/mol. The second-order valence-electron chi connectivity index (χ2n) is 10.9. The Morgan fingerprint density at radius 3 is 1.95 bits per heavy atom. The van der Waals surface area contributed by atoms with Gasteiger partial charge in [0, 0.05) is 17.7 Å².